The van der Waals surface area contributed by atoms with Gasteiger partial charge in [-0.15, -0.1) is 0 Å². The summed E-state index contributed by atoms with van der Waals surface area (Å²) in [7, 11) is 0. The van der Waals surface area contributed by atoms with E-state index in [1.165, 1.54) is 12.1 Å². The number of carbonyl (C=O) groups excluding carboxylic acids is 1. The lowest BCUT2D eigenvalue weighted by Gasteiger charge is -2.13. The van der Waals surface area contributed by atoms with Gasteiger partial charge < -0.3 is 9.84 Å². The molecule has 0 radical (unpaired) electrons. The smallest absolute Gasteiger partial charge is 0.227 e. The van der Waals surface area contributed by atoms with Crippen LogP contribution in [0.2, 0.25) is 5.02 Å². The van der Waals surface area contributed by atoms with E-state index in [0.717, 1.165) is 11.1 Å². The van der Waals surface area contributed by atoms with Crippen molar-refractivity contribution in [2.24, 2.45) is 0 Å². The Hall–Kier alpha value is -2.73. The number of hydrogen-bond donors (Lipinski definition) is 1. The average Bonchev–Trinajstić information content (AvgIpc) is 3.10. The van der Waals surface area contributed by atoms with Crippen molar-refractivity contribution in [1.82, 2.24) is 15.5 Å². The van der Waals surface area contributed by atoms with E-state index in [1.54, 1.807) is 36.4 Å². The molecule has 1 aromatic heterocycles. The Bertz CT molecular complexity index is 879. The first-order chi connectivity index (χ1) is 12.5. The van der Waals surface area contributed by atoms with Crippen LogP contribution in [0.4, 0.5) is 4.39 Å². The quantitative estimate of drug-likeness (QED) is 0.698. The Morgan fingerprint density at radius 3 is 2.58 bits per heavy atom. The van der Waals surface area contributed by atoms with Crippen LogP contribution in [0.25, 0.3) is 11.4 Å². The van der Waals surface area contributed by atoms with Gasteiger partial charge in [0.2, 0.25) is 17.6 Å². The molecule has 0 spiro atoms. The Labute approximate surface area is 155 Å². The predicted octanol–water partition coefficient (Wildman–Crippen LogP) is 4.34. The predicted molar refractivity (Wildman–Crippen MR) is 96.0 cm³/mol. The highest BCUT2D eigenvalue weighted by atomic mass is 35.5. The molecule has 1 amide bonds. The first-order valence-corrected chi connectivity index (χ1v) is 8.52. The maximum atomic E-state index is 12.9. The zero-order valence-electron chi connectivity index (χ0n) is 14.1. The minimum atomic E-state index is -0.305. The van der Waals surface area contributed by atoms with Gasteiger partial charge in [0, 0.05) is 23.4 Å². The van der Waals surface area contributed by atoms with Crippen LogP contribution in [0.5, 0.6) is 0 Å². The number of nitrogens with zero attached hydrogens (tertiary/aromatic N) is 2. The third-order valence-electron chi connectivity index (χ3n) is 3.88. The van der Waals surface area contributed by atoms with Gasteiger partial charge in [-0.1, -0.05) is 28.9 Å². The molecule has 0 aliphatic rings. The van der Waals surface area contributed by atoms with Crippen LogP contribution in [0.3, 0.4) is 0 Å². The SMILES string of the molecule is C[C@@H](NC(=O)CCc1nc(-c2ccc(Cl)cc2)no1)c1ccc(F)cc1. The van der Waals surface area contributed by atoms with E-state index >= 15 is 0 Å². The van der Waals surface area contributed by atoms with Crippen LogP contribution < -0.4 is 5.32 Å². The first kappa shape index (κ1) is 18.1. The summed E-state index contributed by atoms with van der Waals surface area (Å²) in [5.41, 5.74) is 1.63. The highest BCUT2D eigenvalue weighted by molar-refractivity contribution is 6.30. The molecular weight excluding hydrogens is 357 g/mol. The molecule has 26 heavy (non-hydrogen) atoms. The van der Waals surface area contributed by atoms with Gasteiger partial charge in [0.05, 0.1) is 6.04 Å². The van der Waals surface area contributed by atoms with E-state index in [1.807, 2.05) is 6.92 Å². The number of amides is 1. The molecule has 7 heteroatoms. The van der Waals surface area contributed by atoms with Gasteiger partial charge in [-0.05, 0) is 48.9 Å². The van der Waals surface area contributed by atoms with Crippen LogP contribution in [0, 0.1) is 5.82 Å². The fourth-order valence-corrected chi connectivity index (χ4v) is 2.57. The lowest BCUT2D eigenvalue weighted by Crippen LogP contribution is -2.26. The molecule has 0 fully saturated rings. The molecular formula is C19H17ClFN3O2. The zero-order chi connectivity index (χ0) is 18.5. The van der Waals surface area contributed by atoms with Gasteiger partial charge in [0.15, 0.2) is 0 Å². The second-order valence-electron chi connectivity index (χ2n) is 5.86. The summed E-state index contributed by atoms with van der Waals surface area (Å²) in [4.78, 5) is 16.4. The summed E-state index contributed by atoms with van der Waals surface area (Å²) in [6.07, 6.45) is 0.552. The summed E-state index contributed by atoms with van der Waals surface area (Å²) in [5.74, 6) is 0.393. The Balaban J connectivity index is 1.53. The third-order valence-corrected chi connectivity index (χ3v) is 4.14. The molecule has 0 bridgehead atoms. The second kappa shape index (κ2) is 8.10. The number of halogens is 2. The van der Waals surface area contributed by atoms with E-state index in [-0.39, 0.29) is 24.2 Å². The van der Waals surface area contributed by atoms with Crippen molar-refractivity contribution in [3.05, 3.63) is 70.8 Å². The number of rotatable bonds is 6. The third kappa shape index (κ3) is 4.67. The molecule has 0 saturated heterocycles. The summed E-state index contributed by atoms with van der Waals surface area (Å²) in [5, 5.41) is 7.41. The standard InChI is InChI=1S/C19H17ClFN3O2/c1-12(13-4-8-16(21)9-5-13)22-17(25)10-11-18-23-19(24-26-18)14-2-6-15(20)7-3-14/h2-9,12H,10-11H2,1H3,(H,22,25)/t12-/m1/s1. The Kier molecular flexibility index (Phi) is 5.63. The Morgan fingerprint density at radius 2 is 1.88 bits per heavy atom. The maximum absolute atomic E-state index is 12.9. The number of aromatic nitrogens is 2. The van der Waals surface area contributed by atoms with E-state index in [0.29, 0.717) is 23.2 Å². The number of carbonyl (C=O) groups is 1. The van der Waals surface area contributed by atoms with Crippen molar-refractivity contribution in [1.29, 1.82) is 0 Å². The largest absolute Gasteiger partial charge is 0.350 e. The molecule has 0 aliphatic carbocycles. The van der Waals surface area contributed by atoms with Crippen molar-refractivity contribution < 1.29 is 13.7 Å². The van der Waals surface area contributed by atoms with Crippen LogP contribution >= 0.6 is 11.6 Å². The highest BCUT2D eigenvalue weighted by Crippen LogP contribution is 2.19. The minimum absolute atomic E-state index is 0.145. The van der Waals surface area contributed by atoms with Crippen LogP contribution in [-0.2, 0) is 11.2 Å². The van der Waals surface area contributed by atoms with Gasteiger partial charge in [-0.25, -0.2) is 4.39 Å². The van der Waals surface area contributed by atoms with Crippen molar-refractivity contribution in [3.63, 3.8) is 0 Å². The summed E-state index contributed by atoms with van der Waals surface area (Å²) < 4.78 is 18.1. The summed E-state index contributed by atoms with van der Waals surface area (Å²) in [6, 6.07) is 12.9. The molecule has 1 N–H and O–H groups in total. The molecule has 2 aromatic carbocycles. The van der Waals surface area contributed by atoms with Crippen LogP contribution in [-0.4, -0.2) is 16.0 Å². The normalized spacial score (nSPS) is 12.0. The first-order valence-electron chi connectivity index (χ1n) is 8.14. The van der Waals surface area contributed by atoms with E-state index in [2.05, 4.69) is 15.5 Å². The second-order valence-corrected chi connectivity index (χ2v) is 6.30. The molecule has 1 atom stereocenters. The minimum Gasteiger partial charge on any atom is -0.350 e. The van der Waals surface area contributed by atoms with E-state index < -0.39 is 0 Å². The maximum Gasteiger partial charge on any atom is 0.227 e. The molecule has 0 aliphatic heterocycles. The fourth-order valence-electron chi connectivity index (χ4n) is 2.44. The van der Waals surface area contributed by atoms with Gasteiger partial charge in [0.25, 0.3) is 0 Å². The molecule has 5 nitrogen and oxygen atoms in total. The molecule has 134 valence electrons. The number of benzene rings is 2. The number of nitrogens with one attached hydrogen (secondary N) is 1. The van der Waals surface area contributed by atoms with Gasteiger partial charge in [-0.3, -0.25) is 4.79 Å². The lowest BCUT2D eigenvalue weighted by molar-refractivity contribution is -0.121. The van der Waals surface area contributed by atoms with Crippen molar-refractivity contribution in [2.45, 2.75) is 25.8 Å². The molecule has 1 heterocycles. The van der Waals surface area contributed by atoms with Gasteiger partial charge in [0.1, 0.15) is 5.82 Å². The molecule has 0 unspecified atom stereocenters. The topological polar surface area (TPSA) is 68.0 Å². The van der Waals surface area contributed by atoms with Crippen molar-refractivity contribution >= 4 is 17.5 Å². The molecule has 3 aromatic rings. The molecule has 0 saturated carbocycles. The lowest BCUT2D eigenvalue weighted by atomic mass is 10.1. The monoisotopic (exact) mass is 373 g/mol. The van der Waals surface area contributed by atoms with E-state index in [4.69, 9.17) is 16.1 Å². The van der Waals surface area contributed by atoms with Gasteiger partial charge >= 0.3 is 0 Å². The van der Waals surface area contributed by atoms with Gasteiger partial charge in [-0.2, -0.15) is 4.98 Å². The zero-order valence-corrected chi connectivity index (χ0v) is 14.8. The summed E-state index contributed by atoms with van der Waals surface area (Å²) >= 11 is 5.86. The van der Waals surface area contributed by atoms with E-state index in [9.17, 15) is 9.18 Å². The molecule has 3 rings (SSSR count). The summed E-state index contributed by atoms with van der Waals surface area (Å²) in [6.45, 7) is 1.84. The van der Waals surface area contributed by atoms with Crippen LogP contribution in [0.1, 0.15) is 30.8 Å². The number of hydrogen-bond acceptors (Lipinski definition) is 4. The fraction of sp³-hybridized carbons (Fsp3) is 0.211. The Morgan fingerprint density at radius 1 is 1.19 bits per heavy atom. The average molecular weight is 374 g/mol. The highest BCUT2D eigenvalue weighted by Gasteiger charge is 2.13. The number of aryl methyl sites for hydroxylation is 1. The van der Waals surface area contributed by atoms with Crippen LogP contribution in [0.15, 0.2) is 53.1 Å². The van der Waals surface area contributed by atoms with Crippen molar-refractivity contribution in [2.75, 3.05) is 0 Å². The van der Waals surface area contributed by atoms with Crippen molar-refractivity contribution in [3.8, 4) is 11.4 Å².